The number of benzene rings is 2. The highest BCUT2D eigenvalue weighted by Crippen LogP contribution is 2.42. The van der Waals surface area contributed by atoms with E-state index in [4.69, 9.17) is 9.47 Å². The van der Waals surface area contributed by atoms with Crippen LogP contribution >= 0.6 is 0 Å². The van der Waals surface area contributed by atoms with Gasteiger partial charge in [-0.05, 0) is 49.6 Å². The maximum Gasteiger partial charge on any atom is 0.355 e. The van der Waals surface area contributed by atoms with E-state index < -0.39 is 11.9 Å². The minimum atomic E-state index is -0.393. The summed E-state index contributed by atoms with van der Waals surface area (Å²) in [5, 5.41) is 3.54. The number of carbonyl (C=O) groups is 2. The van der Waals surface area contributed by atoms with Gasteiger partial charge in [-0.25, -0.2) is 9.59 Å². The molecule has 1 fully saturated rings. The molecule has 0 amide bonds. The van der Waals surface area contributed by atoms with Crippen molar-refractivity contribution in [3.8, 4) is 0 Å². The van der Waals surface area contributed by atoms with Crippen molar-refractivity contribution in [2.24, 2.45) is 0 Å². The molecule has 1 heterocycles. The van der Waals surface area contributed by atoms with Crippen LogP contribution in [0.1, 0.15) is 53.7 Å². The predicted molar refractivity (Wildman–Crippen MR) is 99.6 cm³/mol. The Balaban J connectivity index is 2.08. The van der Waals surface area contributed by atoms with Gasteiger partial charge in [0.05, 0.1) is 13.2 Å². The van der Waals surface area contributed by atoms with Crippen molar-refractivity contribution in [3.63, 3.8) is 0 Å². The molecule has 1 saturated carbocycles. The molecule has 3 aromatic rings. The second-order valence-corrected chi connectivity index (χ2v) is 6.48. The van der Waals surface area contributed by atoms with Gasteiger partial charge in [0.15, 0.2) is 0 Å². The lowest BCUT2D eigenvalue weighted by Crippen LogP contribution is -2.17. The van der Waals surface area contributed by atoms with Gasteiger partial charge in [-0.1, -0.05) is 24.3 Å². The first kappa shape index (κ1) is 16.6. The van der Waals surface area contributed by atoms with Gasteiger partial charge in [0.25, 0.3) is 0 Å². The molecule has 1 aromatic heterocycles. The Hall–Kier alpha value is -2.82. The molecule has 1 aliphatic carbocycles. The van der Waals surface area contributed by atoms with Gasteiger partial charge >= 0.3 is 11.9 Å². The highest BCUT2D eigenvalue weighted by molar-refractivity contribution is 6.15. The number of nitrogens with zero attached hydrogens (tertiary/aromatic N) is 1. The lowest BCUT2D eigenvalue weighted by atomic mass is 10.0. The number of esters is 2. The molecule has 0 atom stereocenters. The fourth-order valence-corrected chi connectivity index (χ4v) is 3.52. The van der Waals surface area contributed by atoms with Crippen molar-refractivity contribution in [1.82, 2.24) is 4.57 Å². The van der Waals surface area contributed by atoms with Crippen molar-refractivity contribution in [1.29, 1.82) is 0 Å². The number of aromatic nitrogens is 1. The van der Waals surface area contributed by atoms with E-state index in [1.807, 2.05) is 41.0 Å². The molecule has 1 aliphatic rings. The minimum absolute atomic E-state index is 0.143. The Bertz CT molecular complexity index is 939. The molecule has 5 heteroatoms. The van der Waals surface area contributed by atoms with Gasteiger partial charge in [-0.2, -0.15) is 0 Å². The zero-order valence-corrected chi connectivity index (χ0v) is 15.0. The summed E-state index contributed by atoms with van der Waals surface area (Å²) >= 11 is 0. The molecule has 0 N–H and O–H groups in total. The van der Waals surface area contributed by atoms with Crippen LogP contribution in [0.15, 0.2) is 36.4 Å². The van der Waals surface area contributed by atoms with Gasteiger partial charge < -0.3 is 14.0 Å². The average molecular weight is 351 g/mol. The second kappa shape index (κ2) is 6.48. The fraction of sp³-hybridized carbons (Fsp3) is 0.333. The predicted octanol–water partition coefficient (Wildman–Crippen LogP) is 4.48. The van der Waals surface area contributed by atoms with E-state index in [9.17, 15) is 9.59 Å². The maximum atomic E-state index is 12.7. The third-order valence-electron chi connectivity index (χ3n) is 4.73. The van der Waals surface area contributed by atoms with E-state index >= 15 is 0 Å². The van der Waals surface area contributed by atoms with Gasteiger partial charge in [0.2, 0.25) is 0 Å². The molecule has 0 unspecified atom stereocenters. The number of hydrogen-bond donors (Lipinski definition) is 0. The Morgan fingerprint density at radius 2 is 1.38 bits per heavy atom. The zero-order valence-electron chi connectivity index (χ0n) is 15.0. The van der Waals surface area contributed by atoms with Crippen molar-refractivity contribution < 1.29 is 19.1 Å². The summed E-state index contributed by atoms with van der Waals surface area (Å²) < 4.78 is 12.5. The average Bonchev–Trinajstić information content (AvgIpc) is 3.41. The van der Waals surface area contributed by atoms with Crippen LogP contribution in [0.2, 0.25) is 0 Å². The fourth-order valence-electron chi connectivity index (χ4n) is 3.52. The van der Waals surface area contributed by atoms with Crippen LogP contribution in [0.25, 0.3) is 21.5 Å². The molecule has 26 heavy (non-hydrogen) atoms. The van der Waals surface area contributed by atoms with Crippen molar-refractivity contribution in [3.05, 3.63) is 47.8 Å². The summed E-state index contributed by atoms with van der Waals surface area (Å²) in [6, 6.07) is 12.0. The first-order valence-electron chi connectivity index (χ1n) is 9.06. The molecule has 0 radical (unpaired) electrons. The van der Waals surface area contributed by atoms with Crippen LogP contribution in [0, 0.1) is 0 Å². The standard InChI is InChI=1S/C21H21NO4/c1-3-25-20(23)18-16-11-13-7-5-6-8-14(13)12-17(16)19(21(24)26-4-2)22(18)15-9-10-15/h5-8,11-12,15H,3-4,9-10H2,1-2H3. The van der Waals surface area contributed by atoms with Crippen molar-refractivity contribution in [2.45, 2.75) is 32.7 Å². The van der Waals surface area contributed by atoms with E-state index in [0.717, 1.165) is 34.4 Å². The van der Waals surface area contributed by atoms with E-state index in [-0.39, 0.29) is 6.04 Å². The molecular formula is C21H21NO4. The molecule has 4 rings (SSSR count). The molecule has 0 saturated heterocycles. The molecular weight excluding hydrogens is 330 g/mol. The molecule has 0 aliphatic heterocycles. The SMILES string of the molecule is CCOC(=O)c1c2cc3ccccc3cc2c(C(=O)OCC)n1C1CC1. The van der Waals surface area contributed by atoms with E-state index in [1.165, 1.54) is 0 Å². The third-order valence-corrected chi connectivity index (χ3v) is 4.73. The molecule has 0 bridgehead atoms. The Kier molecular flexibility index (Phi) is 4.15. The normalized spacial score (nSPS) is 13.9. The number of rotatable bonds is 5. The van der Waals surface area contributed by atoms with Crippen LogP contribution in [-0.2, 0) is 9.47 Å². The maximum absolute atomic E-state index is 12.7. The van der Waals surface area contributed by atoms with E-state index in [2.05, 4.69) is 0 Å². The number of ether oxygens (including phenoxy) is 2. The lowest BCUT2D eigenvalue weighted by molar-refractivity contribution is 0.0505. The Labute approximate surface area is 151 Å². The monoisotopic (exact) mass is 351 g/mol. The summed E-state index contributed by atoms with van der Waals surface area (Å²) in [6.45, 7) is 4.15. The van der Waals surface area contributed by atoms with Crippen molar-refractivity contribution in [2.75, 3.05) is 13.2 Å². The summed E-state index contributed by atoms with van der Waals surface area (Å²) in [7, 11) is 0. The van der Waals surface area contributed by atoms with E-state index in [1.54, 1.807) is 13.8 Å². The molecule has 5 nitrogen and oxygen atoms in total. The lowest BCUT2D eigenvalue weighted by Gasteiger charge is -2.11. The summed E-state index contributed by atoms with van der Waals surface area (Å²) in [5.74, 6) is -0.787. The van der Waals surface area contributed by atoms with Gasteiger partial charge in [-0.3, -0.25) is 0 Å². The first-order chi connectivity index (χ1) is 12.7. The van der Waals surface area contributed by atoms with Crippen LogP contribution in [0.5, 0.6) is 0 Å². The highest BCUT2D eigenvalue weighted by Gasteiger charge is 2.36. The quantitative estimate of drug-likeness (QED) is 0.636. The van der Waals surface area contributed by atoms with Crippen molar-refractivity contribution >= 4 is 33.5 Å². The first-order valence-corrected chi connectivity index (χ1v) is 9.06. The van der Waals surface area contributed by atoms with Crippen LogP contribution in [-0.4, -0.2) is 29.7 Å². The molecule has 2 aromatic carbocycles. The summed E-state index contributed by atoms with van der Waals surface area (Å²) in [5.41, 5.74) is 0.913. The number of hydrogen-bond acceptors (Lipinski definition) is 4. The van der Waals surface area contributed by atoms with Crippen LogP contribution < -0.4 is 0 Å². The Morgan fingerprint density at radius 3 is 1.77 bits per heavy atom. The number of fused-ring (bicyclic) bond motifs is 2. The second-order valence-electron chi connectivity index (χ2n) is 6.48. The molecule has 134 valence electrons. The van der Waals surface area contributed by atoms with E-state index in [0.29, 0.717) is 24.6 Å². The zero-order chi connectivity index (χ0) is 18.3. The van der Waals surface area contributed by atoms with Gasteiger partial charge in [0.1, 0.15) is 11.4 Å². The highest BCUT2D eigenvalue weighted by atomic mass is 16.5. The van der Waals surface area contributed by atoms with Crippen LogP contribution in [0.4, 0.5) is 0 Å². The van der Waals surface area contributed by atoms with Gasteiger partial charge in [-0.15, -0.1) is 0 Å². The van der Waals surface area contributed by atoms with Gasteiger partial charge in [0, 0.05) is 16.8 Å². The largest absolute Gasteiger partial charge is 0.461 e. The van der Waals surface area contributed by atoms with Crippen LogP contribution in [0.3, 0.4) is 0 Å². The molecule has 0 spiro atoms. The summed E-state index contributed by atoms with van der Waals surface area (Å²) in [6.07, 6.45) is 1.89. The smallest absolute Gasteiger partial charge is 0.355 e. The topological polar surface area (TPSA) is 57.5 Å². The summed E-state index contributed by atoms with van der Waals surface area (Å²) in [4.78, 5) is 25.5. The minimum Gasteiger partial charge on any atom is -0.461 e. The third kappa shape index (κ3) is 2.64. The number of carbonyl (C=O) groups excluding carboxylic acids is 2. The Morgan fingerprint density at radius 1 is 0.923 bits per heavy atom.